The molecule has 23 heavy (non-hydrogen) atoms. The minimum atomic E-state index is -3.77. The molecular weight excluding hydrogens is 316 g/mol. The number of rotatable bonds is 5. The van der Waals surface area contributed by atoms with Crippen molar-refractivity contribution < 1.29 is 13.2 Å². The molecule has 1 heterocycles. The van der Waals surface area contributed by atoms with E-state index in [1.165, 1.54) is 12.1 Å². The number of hydrogen-bond donors (Lipinski definition) is 3. The second kappa shape index (κ2) is 7.21. The first-order valence-corrected chi connectivity index (χ1v) is 8.54. The lowest BCUT2D eigenvalue weighted by Gasteiger charge is -2.11. The molecule has 0 unspecified atom stereocenters. The van der Waals surface area contributed by atoms with Gasteiger partial charge in [0, 0.05) is 24.6 Å². The van der Waals surface area contributed by atoms with Crippen molar-refractivity contribution in [2.75, 3.05) is 5.32 Å². The lowest BCUT2D eigenvalue weighted by Crippen LogP contribution is -2.28. The van der Waals surface area contributed by atoms with E-state index >= 15 is 0 Å². The van der Waals surface area contributed by atoms with Gasteiger partial charge in [-0.15, -0.1) is 0 Å². The van der Waals surface area contributed by atoms with Crippen LogP contribution in [-0.4, -0.2) is 19.4 Å². The van der Waals surface area contributed by atoms with E-state index in [4.69, 9.17) is 5.14 Å². The van der Waals surface area contributed by atoms with Crippen LogP contribution in [0.25, 0.3) is 0 Å². The number of urea groups is 1. The van der Waals surface area contributed by atoms with E-state index < -0.39 is 10.0 Å². The molecule has 1 aromatic heterocycles. The predicted octanol–water partition coefficient (Wildman–Crippen LogP) is 1.61. The lowest BCUT2D eigenvalue weighted by atomic mass is 10.1. The molecule has 0 radical (unpaired) electrons. The van der Waals surface area contributed by atoms with Crippen LogP contribution in [0.3, 0.4) is 0 Å². The Morgan fingerprint density at radius 3 is 2.52 bits per heavy atom. The molecule has 0 aliphatic heterocycles. The molecule has 2 aromatic rings. The van der Waals surface area contributed by atoms with Gasteiger partial charge in [0.2, 0.25) is 10.0 Å². The van der Waals surface area contributed by atoms with Crippen molar-refractivity contribution in [1.82, 2.24) is 10.3 Å². The molecule has 7 nitrogen and oxygen atoms in total. The zero-order valence-corrected chi connectivity index (χ0v) is 13.4. The summed E-state index contributed by atoms with van der Waals surface area (Å²) in [7, 11) is -3.77. The molecule has 0 fully saturated rings. The molecule has 0 atom stereocenters. The molecule has 1 aromatic carbocycles. The van der Waals surface area contributed by atoms with Gasteiger partial charge in [-0.3, -0.25) is 4.98 Å². The minimum Gasteiger partial charge on any atom is -0.334 e. The highest BCUT2D eigenvalue weighted by molar-refractivity contribution is 7.89. The number of nitrogens with one attached hydrogen (secondary N) is 2. The van der Waals surface area contributed by atoms with Crippen molar-refractivity contribution in [3.05, 3.63) is 53.9 Å². The minimum absolute atomic E-state index is 0.0720. The van der Waals surface area contributed by atoms with E-state index in [1.54, 1.807) is 30.6 Å². The zero-order valence-electron chi connectivity index (χ0n) is 12.6. The van der Waals surface area contributed by atoms with Gasteiger partial charge in [-0.1, -0.05) is 6.92 Å². The standard InChI is InChI=1S/C15H18N4O3S/c1-2-12-9-13(3-4-14(12)23(16,21)22)19-15(20)18-10-11-5-7-17-8-6-11/h3-9H,2,10H2,1H3,(H2,16,21,22)(H2,18,19,20). The molecule has 8 heteroatoms. The number of benzene rings is 1. The molecule has 0 aliphatic rings. The molecule has 0 aliphatic carbocycles. The number of anilines is 1. The number of carbonyl (C=O) groups is 1. The quantitative estimate of drug-likeness (QED) is 0.770. The van der Waals surface area contributed by atoms with E-state index in [0.717, 1.165) is 5.56 Å². The van der Waals surface area contributed by atoms with E-state index in [9.17, 15) is 13.2 Å². The Labute approximate surface area is 135 Å². The summed E-state index contributed by atoms with van der Waals surface area (Å²) >= 11 is 0. The van der Waals surface area contributed by atoms with E-state index in [-0.39, 0.29) is 10.9 Å². The first-order valence-electron chi connectivity index (χ1n) is 6.99. The third kappa shape index (κ3) is 4.76. The second-order valence-electron chi connectivity index (χ2n) is 4.88. The highest BCUT2D eigenvalue weighted by atomic mass is 32.2. The van der Waals surface area contributed by atoms with Crippen LogP contribution in [0.4, 0.5) is 10.5 Å². The van der Waals surface area contributed by atoms with Crippen molar-refractivity contribution in [2.24, 2.45) is 5.14 Å². The van der Waals surface area contributed by atoms with Gasteiger partial charge >= 0.3 is 6.03 Å². The number of nitrogens with zero attached hydrogens (tertiary/aromatic N) is 1. The smallest absolute Gasteiger partial charge is 0.319 e. The highest BCUT2D eigenvalue weighted by Gasteiger charge is 2.13. The van der Waals surface area contributed by atoms with Gasteiger partial charge in [-0.25, -0.2) is 18.4 Å². The molecule has 0 saturated heterocycles. The Hall–Kier alpha value is -2.45. The maximum Gasteiger partial charge on any atom is 0.319 e. The van der Waals surface area contributed by atoms with Gasteiger partial charge in [-0.05, 0) is 47.9 Å². The molecule has 2 amide bonds. The summed E-state index contributed by atoms with van der Waals surface area (Å²) < 4.78 is 23.0. The van der Waals surface area contributed by atoms with E-state index in [1.807, 2.05) is 6.92 Å². The van der Waals surface area contributed by atoms with Gasteiger partial charge in [0.25, 0.3) is 0 Å². The fourth-order valence-corrected chi connectivity index (χ4v) is 2.90. The van der Waals surface area contributed by atoms with Crippen LogP contribution in [0.1, 0.15) is 18.1 Å². The number of aromatic nitrogens is 1. The first-order chi connectivity index (χ1) is 10.9. The Morgan fingerprint density at radius 1 is 1.22 bits per heavy atom. The number of sulfonamides is 1. The van der Waals surface area contributed by atoms with Crippen molar-refractivity contribution in [1.29, 1.82) is 0 Å². The maximum absolute atomic E-state index is 11.9. The van der Waals surface area contributed by atoms with Crippen LogP contribution in [0.2, 0.25) is 0 Å². The van der Waals surface area contributed by atoms with Gasteiger partial charge < -0.3 is 10.6 Å². The molecule has 0 saturated carbocycles. The molecule has 2 rings (SSSR count). The van der Waals surface area contributed by atoms with Crippen LogP contribution in [0.15, 0.2) is 47.6 Å². The van der Waals surface area contributed by atoms with E-state index in [0.29, 0.717) is 24.2 Å². The van der Waals surface area contributed by atoms with Crippen LogP contribution < -0.4 is 15.8 Å². The Kier molecular flexibility index (Phi) is 5.30. The summed E-state index contributed by atoms with van der Waals surface area (Å²) in [6, 6.07) is 7.73. The molecule has 4 N–H and O–H groups in total. The molecule has 0 bridgehead atoms. The summed E-state index contributed by atoms with van der Waals surface area (Å²) in [4.78, 5) is 15.9. The number of aryl methyl sites for hydroxylation is 1. The van der Waals surface area contributed by atoms with Crippen LogP contribution >= 0.6 is 0 Å². The second-order valence-corrected chi connectivity index (χ2v) is 6.41. The Morgan fingerprint density at radius 2 is 1.91 bits per heavy atom. The van der Waals surface area contributed by atoms with Crippen molar-refractivity contribution in [3.8, 4) is 0 Å². The van der Waals surface area contributed by atoms with Gasteiger partial charge in [0.05, 0.1) is 4.90 Å². The number of amides is 2. The van der Waals surface area contributed by atoms with Crippen molar-refractivity contribution in [2.45, 2.75) is 24.8 Å². The monoisotopic (exact) mass is 334 g/mol. The summed E-state index contributed by atoms with van der Waals surface area (Å²) in [5, 5.41) is 10.5. The topological polar surface area (TPSA) is 114 Å². The summed E-state index contributed by atoms with van der Waals surface area (Å²) in [6.07, 6.45) is 3.78. The normalized spacial score (nSPS) is 11.0. The zero-order chi connectivity index (χ0) is 16.9. The fraction of sp³-hybridized carbons (Fsp3) is 0.200. The summed E-state index contributed by atoms with van der Waals surface area (Å²) in [5.74, 6) is 0. The lowest BCUT2D eigenvalue weighted by molar-refractivity contribution is 0.251. The average molecular weight is 334 g/mol. The third-order valence-corrected chi connectivity index (χ3v) is 4.22. The number of nitrogens with two attached hydrogens (primary N) is 1. The van der Waals surface area contributed by atoms with Gasteiger partial charge in [0.1, 0.15) is 0 Å². The van der Waals surface area contributed by atoms with Gasteiger partial charge in [0.15, 0.2) is 0 Å². The predicted molar refractivity (Wildman–Crippen MR) is 87.3 cm³/mol. The van der Waals surface area contributed by atoms with Crippen molar-refractivity contribution in [3.63, 3.8) is 0 Å². The maximum atomic E-state index is 11.9. The van der Waals surface area contributed by atoms with Crippen LogP contribution in [0.5, 0.6) is 0 Å². The van der Waals surface area contributed by atoms with Crippen LogP contribution in [-0.2, 0) is 23.0 Å². The van der Waals surface area contributed by atoms with Crippen molar-refractivity contribution >= 4 is 21.7 Å². The Balaban J connectivity index is 2.04. The van der Waals surface area contributed by atoms with Crippen LogP contribution in [0, 0.1) is 0 Å². The number of hydrogen-bond acceptors (Lipinski definition) is 4. The molecule has 122 valence electrons. The Bertz CT molecular complexity index is 792. The number of pyridine rings is 1. The molecular formula is C15H18N4O3S. The van der Waals surface area contributed by atoms with E-state index in [2.05, 4.69) is 15.6 Å². The van der Waals surface area contributed by atoms with Gasteiger partial charge in [-0.2, -0.15) is 0 Å². The molecule has 0 spiro atoms. The highest BCUT2D eigenvalue weighted by Crippen LogP contribution is 2.20. The largest absolute Gasteiger partial charge is 0.334 e. The average Bonchev–Trinajstić information content (AvgIpc) is 2.52. The summed E-state index contributed by atoms with van der Waals surface area (Å²) in [5.41, 5.74) is 1.98. The number of primary sulfonamides is 1. The number of carbonyl (C=O) groups excluding carboxylic acids is 1. The summed E-state index contributed by atoms with van der Waals surface area (Å²) in [6.45, 7) is 2.18. The third-order valence-electron chi connectivity index (χ3n) is 3.21. The SMILES string of the molecule is CCc1cc(NC(=O)NCc2ccncc2)ccc1S(N)(=O)=O. The first kappa shape index (κ1) is 16.9. The fourth-order valence-electron chi connectivity index (χ4n) is 2.07.